The lowest BCUT2D eigenvalue weighted by Crippen LogP contribution is -2.38. The Morgan fingerprint density at radius 3 is 2.92 bits per heavy atom. The van der Waals surface area contributed by atoms with Crippen LogP contribution in [0.25, 0.3) is 10.9 Å². The third-order valence-corrected chi connectivity index (χ3v) is 5.71. The molecular formula is C19H15Br2FN2O2. The van der Waals surface area contributed by atoms with Crippen molar-refractivity contribution in [1.29, 1.82) is 0 Å². The van der Waals surface area contributed by atoms with Crippen LogP contribution in [-0.2, 0) is 17.8 Å². The summed E-state index contributed by atoms with van der Waals surface area (Å²) >= 11 is 6.76. The number of aromatic nitrogens is 1. The highest BCUT2D eigenvalue weighted by molar-refractivity contribution is 9.11. The van der Waals surface area contributed by atoms with Gasteiger partial charge in [0, 0.05) is 45.1 Å². The maximum Gasteiger partial charge on any atom is 0.260 e. The molecule has 2 aromatic carbocycles. The highest BCUT2D eigenvalue weighted by atomic mass is 79.9. The van der Waals surface area contributed by atoms with Crippen LogP contribution in [-0.4, -0.2) is 28.9 Å². The number of benzene rings is 2. The van der Waals surface area contributed by atoms with Crippen LogP contribution >= 0.6 is 31.9 Å². The van der Waals surface area contributed by atoms with Crippen LogP contribution in [0.15, 0.2) is 45.3 Å². The SMILES string of the molecule is O=C(COc1ccc(Br)cc1F)N1CCc2[nH]c3c(Br)cccc3c2C1. The van der Waals surface area contributed by atoms with Gasteiger partial charge in [0.1, 0.15) is 0 Å². The van der Waals surface area contributed by atoms with Gasteiger partial charge in [0.25, 0.3) is 5.91 Å². The standard InChI is InChI=1S/C19H15Br2FN2O2/c20-11-4-5-17(15(22)8-11)26-10-18(25)24-7-6-16-13(9-24)12-2-1-3-14(21)19(12)23-16/h1-5,8,23H,6-7,9-10H2. The largest absolute Gasteiger partial charge is 0.481 e. The van der Waals surface area contributed by atoms with Gasteiger partial charge in [-0.15, -0.1) is 0 Å². The maximum atomic E-state index is 13.8. The molecule has 0 saturated heterocycles. The van der Waals surface area contributed by atoms with Crippen LogP contribution in [0.5, 0.6) is 5.75 Å². The number of nitrogens with one attached hydrogen (secondary N) is 1. The number of halogens is 3. The van der Waals surface area contributed by atoms with Crippen LogP contribution in [0.4, 0.5) is 4.39 Å². The van der Waals surface area contributed by atoms with Crippen molar-refractivity contribution in [3.8, 4) is 5.75 Å². The monoisotopic (exact) mass is 480 g/mol. The number of carbonyl (C=O) groups is 1. The lowest BCUT2D eigenvalue weighted by Gasteiger charge is -2.27. The van der Waals surface area contributed by atoms with Gasteiger partial charge in [0.2, 0.25) is 0 Å². The quantitative estimate of drug-likeness (QED) is 0.584. The van der Waals surface area contributed by atoms with E-state index in [9.17, 15) is 9.18 Å². The number of amides is 1. The van der Waals surface area contributed by atoms with E-state index in [1.54, 1.807) is 11.0 Å². The van der Waals surface area contributed by atoms with Crippen molar-refractivity contribution >= 4 is 48.7 Å². The second-order valence-corrected chi connectivity index (χ2v) is 7.94. The molecule has 0 atom stereocenters. The molecule has 4 rings (SSSR count). The lowest BCUT2D eigenvalue weighted by atomic mass is 10.0. The number of hydrogen-bond donors (Lipinski definition) is 1. The molecule has 1 aromatic heterocycles. The van der Waals surface area contributed by atoms with Gasteiger partial charge in [0.15, 0.2) is 18.2 Å². The van der Waals surface area contributed by atoms with Crippen molar-refractivity contribution in [2.75, 3.05) is 13.2 Å². The van der Waals surface area contributed by atoms with Crippen molar-refractivity contribution < 1.29 is 13.9 Å². The van der Waals surface area contributed by atoms with E-state index in [0.29, 0.717) is 17.6 Å². The Balaban J connectivity index is 1.49. The summed E-state index contributed by atoms with van der Waals surface area (Å²) in [7, 11) is 0. The van der Waals surface area contributed by atoms with Gasteiger partial charge in [0.05, 0.1) is 5.52 Å². The summed E-state index contributed by atoms with van der Waals surface area (Å²) in [4.78, 5) is 17.7. The Labute approximate surface area is 166 Å². The number of hydrogen-bond acceptors (Lipinski definition) is 2. The highest BCUT2D eigenvalue weighted by Gasteiger charge is 2.25. The van der Waals surface area contributed by atoms with Crippen molar-refractivity contribution in [3.05, 3.63) is 62.4 Å². The van der Waals surface area contributed by atoms with Crippen molar-refractivity contribution in [2.45, 2.75) is 13.0 Å². The molecule has 0 bridgehead atoms. The Morgan fingerprint density at radius 1 is 1.27 bits per heavy atom. The second kappa shape index (κ2) is 7.04. The number of nitrogens with zero attached hydrogens (tertiary/aromatic N) is 1. The molecule has 1 amide bonds. The Hall–Kier alpha value is -1.86. The van der Waals surface area contributed by atoms with Gasteiger partial charge in [-0.05, 0) is 40.2 Å². The van der Waals surface area contributed by atoms with E-state index >= 15 is 0 Å². The molecule has 26 heavy (non-hydrogen) atoms. The molecule has 0 aliphatic carbocycles. The van der Waals surface area contributed by atoms with Gasteiger partial charge >= 0.3 is 0 Å². The first kappa shape index (κ1) is 17.5. The first-order valence-electron chi connectivity index (χ1n) is 8.16. The molecule has 3 aromatic rings. The fourth-order valence-electron chi connectivity index (χ4n) is 3.24. The number of carbonyl (C=O) groups excluding carboxylic acids is 1. The van der Waals surface area contributed by atoms with E-state index < -0.39 is 5.82 Å². The molecule has 0 saturated carbocycles. The van der Waals surface area contributed by atoms with E-state index in [1.165, 1.54) is 12.1 Å². The first-order chi connectivity index (χ1) is 12.5. The fourth-order valence-corrected chi connectivity index (χ4v) is 4.04. The normalized spacial score (nSPS) is 13.7. The molecule has 0 fully saturated rings. The van der Waals surface area contributed by atoms with Crippen LogP contribution in [0, 0.1) is 5.82 Å². The lowest BCUT2D eigenvalue weighted by molar-refractivity contribution is -0.134. The van der Waals surface area contributed by atoms with E-state index in [1.807, 2.05) is 12.1 Å². The number of para-hydroxylation sites is 1. The highest BCUT2D eigenvalue weighted by Crippen LogP contribution is 2.32. The zero-order valence-electron chi connectivity index (χ0n) is 13.7. The topological polar surface area (TPSA) is 45.3 Å². The number of aromatic amines is 1. The third-order valence-electron chi connectivity index (χ3n) is 4.56. The first-order valence-corrected chi connectivity index (χ1v) is 9.75. The van der Waals surface area contributed by atoms with E-state index in [-0.39, 0.29) is 18.3 Å². The summed E-state index contributed by atoms with van der Waals surface area (Å²) in [5.74, 6) is -0.563. The van der Waals surface area contributed by atoms with E-state index in [2.05, 4.69) is 42.9 Å². The average molecular weight is 482 g/mol. The smallest absolute Gasteiger partial charge is 0.260 e. The van der Waals surface area contributed by atoms with E-state index in [0.717, 1.165) is 33.1 Å². The van der Waals surface area contributed by atoms with Crippen molar-refractivity contribution in [1.82, 2.24) is 9.88 Å². The predicted octanol–water partition coefficient (Wildman–Crippen LogP) is 4.80. The molecule has 7 heteroatoms. The average Bonchev–Trinajstić information content (AvgIpc) is 3.00. The maximum absolute atomic E-state index is 13.8. The minimum Gasteiger partial charge on any atom is -0.481 e. The molecule has 1 aliphatic heterocycles. The molecule has 0 unspecified atom stereocenters. The Morgan fingerprint density at radius 2 is 2.12 bits per heavy atom. The number of ether oxygens (including phenoxy) is 1. The summed E-state index contributed by atoms with van der Waals surface area (Å²) < 4.78 is 20.8. The molecule has 0 spiro atoms. The molecule has 2 heterocycles. The number of rotatable bonds is 3. The van der Waals surface area contributed by atoms with Crippen LogP contribution < -0.4 is 4.74 Å². The molecule has 4 nitrogen and oxygen atoms in total. The van der Waals surface area contributed by atoms with Crippen molar-refractivity contribution in [2.24, 2.45) is 0 Å². The van der Waals surface area contributed by atoms with E-state index in [4.69, 9.17) is 4.74 Å². The number of H-pyrrole nitrogens is 1. The molecule has 1 N–H and O–H groups in total. The summed E-state index contributed by atoms with van der Waals surface area (Å²) in [5, 5.41) is 1.12. The predicted molar refractivity (Wildman–Crippen MR) is 105 cm³/mol. The molecule has 0 radical (unpaired) electrons. The minimum absolute atomic E-state index is 0.0790. The van der Waals surface area contributed by atoms with Gasteiger partial charge in [-0.3, -0.25) is 4.79 Å². The minimum atomic E-state index is -0.491. The van der Waals surface area contributed by atoms with Gasteiger partial charge in [-0.2, -0.15) is 0 Å². The van der Waals surface area contributed by atoms with Gasteiger partial charge < -0.3 is 14.6 Å². The molecular weight excluding hydrogens is 467 g/mol. The zero-order chi connectivity index (χ0) is 18.3. The zero-order valence-corrected chi connectivity index (χ0v) is 16.9. The summed E-state index contributed by atoms with van der Waals surface area (Å²) in [6.07, 6.45) is 0.759. The van der Waals surface area contributed by atoms with Gasteiger partial charge in [-0.1, -0.05) is 28.1 Å². The molecule has 134 valence electrons. The summed E-state index contributed by atoms with van der Waals surface area (Å²) in [5.41, 5.74) is 3.35. The molecule has 1 aliphatic rings. The third kappa shape index (κ3) is 3.25. The summed E-state index contributed by atoms with van der Waals surface area (Å²) in [6, 6.07) is 10.5. The Kier molecular flexibility index (Phi) is 4.75. The van der Waals surface area contributed by atoms with Crippen LogP contribution in [0.3, 0.4) is 0 Å². The van der Waals surface area contributed by atoms with Crippen molar-refractivity contribution in [3.63, 3.8) is 0 Å². The fraction of sp³-hybridized carbons (Fsp3) is 0.211. The Bertz CT molecular complexity index is 1000. The van der Waals surface area contributed by atoms with Crippen LogP contribution in [0.2, 0.25) is 0 Å². The van der Waals surface area contributed by atoms with Crippen LogP contribution in [0.1, 0.15) is 11.3 Å². The number of fused-ring (bicyclic) bond motifs is 3. The summed E-state index contributed by atoms with van der Waals surface area (Å²) in [6.45, 7) is 0.958. The van der Waals surface area contributed by atoms with Gasteiger partial charge in [-0.25, -0.2) is 4.39 Å². The second-order valence-electron chi connectivity index (χ2n) is 6.17.